The van der Waals surface area contributed by atoms with Crippen molar-refractivity contribution in [2.45, 2.75) is 25.9 Å². The van der Waals surface area contributed by atoms with Crippen molar-refractivity contribution in [3.05, 3.63) is 35.4 Å². The average Bonchev–Trinajstić information content (AvgIpc) is 2.30. The van der Waals surface area contributed by atoms with E-state index in [1.165, 1.54) is 11.1 Å². The first-order chi connectivity index (χ1) is 8.18. The standard InChI is InChI=1S/C14H22N2O/c1-11-4-3-5-13(10-11)14(12(2)15)16-6-8-17-9-7-16/h3-5,10,12,14H,6-9,15H2,1-2H3. The number of hydrogen-bond donors (Lipinski definition) is 1. The maximum absolute atomic E-state index is 6.17. The smallest absolute Gasteiger partial charge is 0.0594 e. The lowest BCUT2D eigenvalue weighted by molar-refractivity contribution is 0.0116. The molecular weight excluding hydrogens is 212 g/mol. The van der Waals surface area contributed by atoms with Crippen LogP contribution < -0.4 is 5.73 Å². The Morgan fingerprint density at radius 1 is 1.29 bits per heavy atom. The molecule has 3 heteroatoms. The lowest BCUT2D eigenvalue weighted by Crippen LogP contribution is -2.45. The van der Waals surface area contributed by atoms with E-state index in [1.54, 1.807) is 0 Å². The van der Waals surface area contributed by atoms with E-state index in [-0.39, 0.29) is 6.04 Å². The van der Waals surface area contributed by atoms with E-state index in [0.717, 1.165) is 26.3 Å². The van der Waals surface area contributed by atoms with E-state index in [1.807, 2.05) is 0 Å². The third-order valence-electron chi connectivity index (χ3n) is 3.32. The Hall–Kier alpha value is -0.900. The summed E-state index contributed by atoms with van der Waals surface area (Å²) >= 11 is 0. The zero-order chi connectivity index (χ0) is 12.3. The van der Waals surface area contributed by atoms with Crippen LogP contribution in [0.1, 0.15) is 24.1 Å². The number of nitrogens with zero attached hydrogens (tertiary/aromatic N) is 1. The summed E-state index contributed by atoms with van der Waals surface area (Å²) in [6, 6.07) is 9.09. The summed E-state index contributed by atoms with van der Waals surface area (Å²) in [5, 5.41) is 0. The summed E-state index contributed by atoms with van der Waals surface area (Å²) in [5.74, 6) is 0. The number of aryl methyl sites for hydroxylation is 1. The van der Waals surface area contributed by atoms with Crippen molar-refractivity contribution in [2.24, 2.45) is 5.73 Å². The van der Waals surface area contributed by atoms with Gasteiger partial charge >= 0.3 is 0 Å². The Morgan fingerprint density at radius 2 is 2.00 bits per heavy atom. The molecule has 0 radical (unpaired) electrons. The zero-order valence-corrected chi connectivity index (χ0v) is 10.7. The molecule has 1 aliphatic heterocycles. The van der Waals surface area contributed by atoms with Crippen LogP contribution in [-0.2, 0) is 4.74 Å². The Morgan fingerprint density at radius 3 is 2.59 bits per heavy atom. The number of hydrogen-bond acceptors (Lipinski definition) is 3. The lowest BCUT2D eigenvalue weighted by Gasteiger charge is -2.37. The highest BCUT2D eigenvalue weighted by molar-refractivity contribution is 5.26. The topological polar surface area (TPSA) is 38.5 Å². The number of benzene rings is 1. The van der Waals surface area contributed by atoms with Gasteiger partial charge < -0.3 is 10.5 Å². The van der Waals surface area contributed by atoms with Gasteiger partial charge in [-0.1, -0.05) is 29.8 Å². The van der Waals surface area contributed by atoms with Gasteiger partial charge in [-0.2, -0.15) is 0 Å². The van der Waals surface area contributed by atoms with Crippen LogP contribution in [0.25, 0.3) is 0 Å². The molecule has 1 aromatic rings. The Bertz CT molecular complexity index is 359. The summed E-state index contributed by atoms with van der Waals surface area (Å²) in [7, 11) is 0. The fourth-order valence-electron chi connectivity index (χ4n) is 2.56. The lowest BCUT2D eigenvalue weighted by atomic mass is 9.97. The fraction of sp³-hybridized carbons (Fsp3) is 0.571. The van der Waals surface area contributed by atoms with Crippen LogP contribution >= 0.6 is 0 Å². The minimum absolute atomic E-state index is 0.134. The van der Waals surface area contributed by atoms with Crippen molar-refractivity contribution in [2.75, 3.05) is 26.3 Å². The van der Waals surface area contributed by atoms with Gasteiger partial charge in [-0.05, 0) is 19.4 Å². The van der Waals surface area contributed by atoms with Crippen LogP contribution in [0, 0.1) is 6.92 Å². The largest absolute Gasteiger partial charge is 0.379 e. The van der Waals surface area contributed by atoms with Crippen molar-refractivity contribution in [1.82, 2.24) is 4.90 Å². The average molecular weight is 234 g/mol. The molecule has 0 aliphatic carbocycles. The molecule has 0 aromatic heterocycles. The van der Waals surface area contributed by atoms with Crippen LogP contribution in [-0.4, -0.2) is 37.2 Å². The number of morpholine rings is 1. The molecular formula is C14H22N2O. The molecule has 1 saturated heterocycles. The van der Waals surface area contributed by atoms with Gasteiger partial charge in [-0.15, -0.1) is 0 Å². The highest BCUT2D eigenvalue weighted by Crippen LogP contribution is 2.25. The van der Waals surface area contributed by atoms with Gasteiger partial charge in [0.25, 0.3) is 0 Å². The Labute approximate surface area is 104 Å². The van der Waals surface area contributed by atoms with E-state index in [0.29, 0.717) is 6.04 Å². The maximum Gasteiger partial charge on any atom is 0.0594 e. The molecule has 2 rings (SSSR count). The summed E-state index contributed by atoms with van der Waals surface area (Å²) < 4.78 is 5.41. The molecule has 0 saturated carbocycles. The number of ether oxygens (including phenoxy) is 1. The second-order valence-electron chi connectivity index (χ2n) is 4.87. The second-order valence-corrected chi connectivity index (χ2v) is 4.87. The summed E-state index contributed by atoms with van der Waals surface area (Å²) in [5.41, 5.74) is 8.78. The molecule has 94 valence electrons. The molecule has 2 atom stereocenters. The second kappa shape index (κ2) is 5.63. The van der Waals surface area contributed by atoms with E-state index >= 15 is 0 Å². The summed E-state index contributed by atoms with van der Waals surface area (Å²) in [6.07, 6.45) is 0. The van der Waals surface area contributed by atoms with Gasteiger partial charge in [0.15, 0.2) is 0 Å². The van der Waals surface area contributed by atoms with Gasteiger partial charge in [-0.3, -0.25) is 4.90 Å². The van der Waals surface area contributed by atoms with E-state index in [9.17, 15) is 0 Å². The summed E-state index contributed by atoms with van der Waals surface area (Å²) in [4.78, 5) is 2.43. The van der Waals surface area contributed by atoms with Gasteiger partial charge in [-0.25, -0.2) is 0 Å². The molecule has 0 amide bonds. The zero-order valence-electron chi connectivity index (χ0n) is 10.7. The first-order valence-corrected chi connectivity index (χ1v) is 6.32. The van der Waals surface area contributed by atoms with Crippen molar-refractivity contribution in [1.29, 1.82) is 0 Å². The van der Waals surface area contributed by atoms with E-state index < -0.39 is 0 Å². The Balaban J connectivity index is 2.21. The third kappa shape index (κ3) is 3.06. The molecule has 0 bridgehead atoms. The van der Waals surface area contributed by atoms with Gasteiger partial charge in [0.1, 0.15) is 0 Å². The molecule has 1 fully saturated rings. The molecule has 1 aliphatic rings. The SMILES string of the molecule is Cc1cccc(C(C(C)N)N2CCOCC2)c1. The molecule has 1 heterocycles. The highest BCUT2D eigenvalue weighted by atomic mass is 16.5. The van der Waals surface area contributed by atoms with Crippen LogP contribution in [0.15, 0.2) is 24.3 Å². The van der Waals surface area contributed by atoms with Gasteiger partial charge in [0.2, 0.25) is 0 Å². The van der Waals surface area contributed by atoms with Crippen LogP contribution in [0.4, 0.5) is 0 Å². The van der Waals surface area contributed by atoms with Crippen molar-refractivity contribution < 1.29 is 4.74 Å². The van der Waals surface area contributed by atoms with Crippen molar-refractivity contribution >= 4 is 0 Å². The van der Waals surface area contributed by atoms with Crippen molar-refractivity contribution in [3.63, 3.8) is 0 Å². The fourth-order valence-corrected chi connectivity index (χ4v) is 2.56. The predicted octanol–water partition coefficient (Wildman–Crippen LogP) is 1.72. The number of rotatable bonds is 3. The third-order valence-corrected chi connectivity index (χ3v) is 3.32. The molecule has 1 aromatic carbocycles. The quantitative estimate of drug-likeness (QED) is 0.865. The monoisotopic (exact) mass is 234 g/mol. The first-order valence-electron chi connectivity index (χ1n) is 6.32. The molecule has 0 spiro atoms. The van der Waals surface area contributed by atoms with Crippen molar-refractivity contribution in [3.8, 4) is 0 Å². The van der Waals surface area contributed by atoms with Crippen LogP contribution in [0.3, 0.4) is 0 Å². The van der Waals surface area contributed by atoms with Gasteiger partial charge in [0.05, 0.1) is 13.2 Å². The normalized spacial score (nSPS) is 21.1. The minimum atomic E-state index is 0.134. The molecule has 2 N–H and O–H groups in total. The van der Waals surface area contributed by atoms with E-state index in [2.05, 4.69) is 43.0 Å². The van der Waals surface area contributed by atoms with Gasteiger partial charge in [0, 0.05) is 25.2 Å². The molecule has 17 heavy (non-hydrogen) atoms. The summed E-state index contributed by atoms with van der Waals surface area (Å²) in [6.45, 7) is 7.79. The highest BCUT2D eigenvalue weighted by Gasteiger charge is 2.25. The van der Waals surface area contributed by atoms with E-state index in [4.69, 9.17) is 10.5 Å². The minimum Gasteiger partial charge on any atom is -0.379 e. The number of nitrogens with two attached hydrogens (primary N) is 1. The molecule has 3 nitrogen and oxygen atoms in total. The van der Waals surface area contributed by atoms with Crippen LogP contribution in [0.5, 0.6) is 0 Å². The maximum atomic E-state index is 6.17. The van der Waals surface area contributed by atoms with Crippen LogP contribution in [0.2, 0.25) is 0 Å². The predicted molar refractivity (Wildman–Crippen MR) is 70.0 cm³/mol. The Kier molecular flexibility index (Phi) is 4.15. The first kappa shape index (κ1) is 12.6. The molecule has 2 unspecified atom stereocenters.